The fourth-order valence-electron chi connectivity index (χ4n) is 4.21. The first-order chi connectivity index (χ1) is 22.1. The lowest BCUT2D eigenvalue weighted by atomic mass is 10.1. The molecule has 0 aliphatic carbocycles. The van der Waals surface area contributed by atoms with E-state index in [1.165, 1.54) is 6.07 Å². The molecule has 2 aromatic carbocycles. The lowest BCUT2D eigenvalue weighted by Gasteiger charge is -2.19. The maximum Gasteiger partial charge on any atom is 0.193 e. The number of H-pyrrole nitrogens is 1. The Bertz CT molecular complexity index is 1400. The Morgan fingerprint density at radius 3 is 1.87 bits per heavy atom. The van der Waals surface area contributed by atoms with Crippen LogP contribution in [0.3, 0.4) is 0 Å². The summed E-state index contributed by atoms with van der Waals surface area (Å²) in [5.74, 6) is 1.28. The summed E-state index contributed by atoms with van der Waals surface area (Å²) in [6.07, 6.45) is 0. The average molecular weight is 630 g/mol. The first kappa shape index (κ1) is 37.9. The number of aliphatic hydroxyl groups excluding tert-OH is 1. The molecule has 2 aromatic heterocycles. The van der Waals surface area contributed by atoms with E-state index in [1.54, 1.807) is 6.07 Å². The highest BCUT2D eigenvalue weighted by atomic mass is 16.6. The van der Waals surface area contributed by atoms with Crippen LogP contribution in [0.2, 0.25) is 0 Å². The van der Waals surface area contributed by atoms with Gasteiger partial charge in [-0.05, 0) is 43.3 Å². The highest BCUT2D eigenvalue weighted by Gasteiger charge is 2.13. The van der Waals surface area contributed by atoms with Gasteiger partial charge in [0.15, 0.2) is 11.0 Å². The molecule has 45 heavy (non-hydrogen) atoms. The molecule has 250 valence electrons. The molecule has 0 saturated carbocycles. The summed E-state index contributed by atoms with van der Waals surface area (Å²) in [7, 11) is 2.00. The van der Waals surface area contributed by atoms with Crippen LogP contribution in [0.1, 0.15) is 33.5 Å². The second-order valence-electron chi connectivity index (χ2n) is 9.39. The summed E-state index contributed by atoms with van der Waals surface area (Å²) in [6.45, 7) is 15.5. The Balaban J connectivity index is 0.00000169. The molecule has 4 aromatic rings. The summed E-state index contributed by atoms with van der Waals surface area (Å²) in [5.41, 5.74) is 3.74. The number of imidazole rings is 1. The van der Waals surface area contributed by atoms with Gasteiger partial charge in [0, 0.05) is 30.9 Å². The summed E-state index contributed by atoms with van der Waals surface area (Å²) in [6, 6.07) is 13.0. The number of hydrogen-bond acceptors (Lipinski definition) is 10. The quantitative estimate of drug-likeness (QED) is 0.133. The molecule has 2 N–H and O–H groups in total. The van der Waals surface area contributed by atoms with E-state index in [-0.39, 0.29) is 12.0 Å². The number of aromatic nitrogens is 2. The highest BCUT2D eigenvalue weighted by Crippen LogP contribution is 2.28. The van der Waals surface area contributed by atoms with Gasteiger partial charge in [-0.15, -0.1) is 0 Å². The zero-order valence-electron chi connectivity index (χ0n) is 27.7. The number of nitrogens with zero attached hydrogens (tertiary/aromatic N) is 2. The van der Waals surface area contributed by atoms with Crippen LogP contribution in [0.15, 0.2) is 51.7 Å². The molecule has 0 fully saturated rings. The molecule has 11 heteroatoms. The van der Waals surface area contributed by atoms with E-state index in [0.717, 1.165) is 29.1 Å². The number of benzene rings is 2. The maximum absolute atomic E-state index is 12.8. The fourth-order valence-corrected chi connectivity index (χ4v) is 4.21. The van der Waals surface area contributed by atoms with Crippen LogP contribution >= 0.6 is 0 Å². The maximum atomic E-state index is 12.8. The lowest BCUT2D eigenvalue weighted by Crippen LogP contribution is -2.23. The van der Waals surface area contributed by atoms with Crippen LogP contribution in [-0.4, -0.2) is 101 Å². The standard InChI is InChI=1S/C30H39N3O8.2C2H6/c1-22-31-26-8-7-25-27(35)21-28(41-30(25)29(26)32-22)23-3-5-24(6-4-23)33(2)9-11-36-13-15-38-17-19-40-20-18-39-16-14-37-12-10-34;2*1-2/h3-8,21,34H,9-20H2,1-2H3,(H,31,32);2*1-2H3. The smallest absolute Gasteiger partial charge is 0.193 e. The molecule has 11 nitrogen and oxygen atoms in total. The topological polar surface area (TPSA) is 129 Å². The van der Waals surface area contributed by atoms with Crippen molar-refractivity contribution in [2.24, 2.45) is 0 Å². The number of ether oxygens (including phenoxy) is 5. The molecule has 4 rings (SSSR count). The molecule has 2 heterocycles. The number of aryl methyl sites for hydroxylation is 1. The van der Waals surface area contributed by atoms with E-state index >= 15 is 0 Å². The Morgan fingerprint density at radius 1 is 0.778 bits per heavy atom. The van der Waals surface area contributed by atoms with E-state index in [9.17, 15) is 4.79 Å². The molecule has 0 aliphatic heterocycles. The first-order valence-corrected chi connectivity index (χ1v) is 15.8. The Hall–Kier alpha value is -3.32. The van der Waals surface area contributed by atoms with Crippen molar-refractivity contribution in [2.75, 3.05) is 91.2 Å². The molecule has 0 aliphatic rings. The molecular weight excluding hydrogens is 578 g/mol. The number of rotatable bonds is 19. The third-order valence-electron chi connectivity index (χ3n) is 6.35. The molecule has 0 spiro atoms. The predicted molar refractivity (Wildman–Crippen MR) is 179 cm³/mol. The average Bonchev–Trinajstić information content (AvgIpc) is 3.47. The summed E-state index contributed by atoms with van der Waals surface area (Å²) in [4.78, 5) is 22.6. The van der Waals surface area contributed by atoms with Crippen LogP contribution in [-0.2, 0) is 23.7 Å². The van der Waals surface area contributed by atoms with E-state index in [0.29, 0.717) is 88.3 Å². The zero-order valence-corrected chi connectivity index (χ0v) is 27.7. The number of anilines is 1. The zero-order chi connectivity index (χ0) is 32.9. The monoisotopic (exact) mass is 629 g/mol. The Labute approximate surface area is 266 Å². The molecule has 0 atom stereocenters. The molecule has 0 saturated heterocycles. The molecular formula is C34H51N3O8. The van der Waals surface area contributed by atoms with Crippen LogP contribution in [0.25, 0.3) is 33.3 Å². The third-order valence-corrected chi connectivity index (χ3v) is 6.35. The van der Waals surface area contributed by atoms with E-state index in [4.69, 9.17) is 33.2 Å². The van der Waals surface area contributed by atoms with Gasteiger partial charge in [-0.3, -0.25) is 4.79 Å². The summed E-state index contributed by atoms with van der Waals surface area (Å²) >= 11 is 0. The predicted octanol–water partition coefficient (Wildman–Crippen LogP) is 5.21. The van der Waals surface area contributed by atoms with Gasteiger partial charge in [-0.25, -0.2) is 4.98 Å². The molecule has 0 unspecified atom stereocenters. The van der Waals surface area contributed by atoms with E-state index in [1.807, 2.05) is 72.0 Å². The Morgan fingerprint density at radius 2 is 1.31 bits per heavy atom. The summed E-state index contributed by atoms with van der Waals surface area (Å²) < 4.78 is 33.3. The number of likely N-dealkylation sites (N-methyl/N-ethyl adjacent to an activating group) is 1. The van der Waals surface area contributed by atoms with Crippen molar-refractivity contribution in [2.45, 2.75) is 34.6 Å². The van der Waals surface area contributed by atoms with Gasteiger partial charge in [0.05, 0.1) is 83.6 Å². The second kappa shape index (κ2) is 22.2. The minimum absolute atomic E-state index is 0.0217. The van der Waals surface area contributed by atoms with Gasteiger partial charge < -0.3 is 43.1 Å². The van der Waals surface area contributed by atoms with Gasteiger partial charge >= 0.3 is 0 Å². The van der Waals surface area contributed by atoms with E-state index in [2.05, 4.69) is 14.9 Å². The van der Waals surface area contributed by atoms with Gasteiger partial charge in [0.1, 0.15) is 17.1 Å². The molecule has 0 bridgehead atoms. The lowest BCUT2D eigenvalue weighted by molar-refractivity contribution is -0.0128. The van der Waals surface area contributed by atoms with Crippen LogP contribution in [0, 0.1) is 6.92 Å². The van der Waals surface area contributed by atoms with Crippen LogP contribution in [0.4, 0.5) is 5.69 Å². The van der Waals surface area contributed by atoms with Crippen molar-refractivity contribution in [3.05, 3.63) is 58.5 Å². The number of aliphatic hydroxyl groups is 1. The Kier molecular flexibility index (Phi) is 18.7. The van der Waals surface area contributed by atoms with Gasteiger partial charge in [0.25, 0.3) is 0 Å². The number of hydrogen-bond donors (Lipinski definition) is 2. The fraction of sp³-hybridized carbons (Fsp3) is 0.529. The number of aromatic amines is 1. The normalized spacial score (nSPS) is 10.8. The summed E-state index contributed by atoms with van der Waals surface area (Å²) in [5, 5.41) is 9.12. The third kappa shape index (κ3) is 12.5. The minimum Gasteiger partial charge on any atom is -0.453 e. The van der Waals surface area contributed by atoms with Crippen molar-refractivity contribution in [1.82, 2.24) is 9.97 Å². The van der Waals surface area contributed by atoms with Crippen molar-refractivity contribution < 1.29 is 33.2 Å². The van der Waals surface area contributed by atoms with Gasteiger partial charge in [-0.1, -0.05) is 27.7 Å². The van der Waals surface area contributed by atoms with Crippen LogP contribution in [0.5, 0.6) is 0 Å². The molecule has 0 amide bonds. The second-order valence-corrected chi connectivity index (χ2v) is 9.39. The minimum atomic E-state index is -0.0960. The first-order valence-electron chi connectivity index (χ1n) is 15.8. The van der Waals surface area contributed by atoms with Crippen molar-refractivity contribution in [1.29, 1.82) is 0 Å². The number of nitrogens with one attached hydrogen (secondary N) is 1. The SMILES string of the molecule is CC.CC.Cc1nc2c(ccc3c(=O)cc(-c4ccc(N(C)CCOCCOCCOCCOCCOCCO)cc4)oc32)[nH]1. The van der Waals surface area contributed by atoms with E-state index < -0.39 is 0 Å². The molecule has 0 radical (unpaired) electrons. The van der Waals surface area contributed by atoms with Crippen molar-refractivity contribution >= 4 is 27.7 Å². The van der Waals surface area contributed by atoms with Gasteiger partial charge in [-0.2, -0.15) is 0 Å². The van der Waals surface area contributed by atoms with Gasteiger partial charge in [0.2, 0.25) is 0 Å². The largest absolute Gasteiger partial charge is 0.453 e. The highest BCUT2D eigenvalue weighted by molar-refractivity contribution is 6.00. The van der Waals surface area contributed by atoms with Crippen molar-refractivity contribution in [3.63, 3.8) is 0 Å². The number of fused-ring (bicyclic) bond motifs is 3. The van der Waals surface area contributed by atoms with Crippen molar-refractivity contribution in [3.8, 4) is 11.3 Å². The van der Waals surface area contributed by atoms with Crippen LogP contribution < -0.4 is 10.3 Å².